The van der Waals surface area contributed by atoms with Crippen molar-refractivity contribution in [3.63, 3.8) is 0 Å². The number of rotatable bonds is 7. The Kier molecular flexibility index (Phi) is 6.72. The summed E-state index contributed by atoms with van der Waals surface area (Å²) in [6.45, 7) is 11.2. The molecule has 1 unspecified atom stereocenters. The van der Waals surface area contributed by atoms with Gasteiger partial charge < -0.3 is 14.8 Å². The van der Waals surface area contributed by atoms with E-state index >= 15 is 0 Å². The van der Waals surface area contributed by atoms with Crippen molar-refractivity contribution in [2.75, 3.05) is 11.9 Å². The summed E-state index contributed by atoms with van der Waals surface area (Å²) in [5.41, 5.74) is 4.47. The van der Waals surface area contributed by atoms with Gasteiger partial charge in [0.15, 0.2) is 0 Å². The molecular formula is C27H32N4O3. The first-order valence-corrected chi connectivity index (χ1v) is 11.6. The Morgan fingerprint density at radius 2 is 1.85 bits per heavy atom. The Labute approximate surface area is 200 Å². The van der Waals surface area contributed by atoms with Gasteiger partial charge in [-0.05, 0) is 36.0 Å². The Balaban J connectivity index is 1.65. The van der Waals surface area contributed by atoms with Gasteiger partial charge in [0.25, 0.3) is 0 Å². The zero-order valence-electron chi connectivity index (χ0n) is 20.5. The number of benzene rings is 2. The van der Waals surface area contributed by atoms with Crippen LogP contribution in [0.2, 0.25) is 0 Å². The number of esters is 1. The van der Waals surface area contributed by atoms with Crippen LogP contribution in [0.1, 0.15) is 63.8 Å². The summed E-state index contributed by atoms with van der Waals surface area (Å²) in [4.78, 5) is 17.4. The molecule has 1 aliphatic rings. The number of hydrogen-bond acceptors (Lipinski definition) is 6. The Morgan fingerprint density at radius 3 is 2.56 bits per heavy atom. The molecule has 4 rings (SSSR count). The minimum Gasteiger partial charge on any atom is -0.489 e. The predicted molar refractivity (Wildman–Crippen MR) is 132 cm³/mol. The normalized spacial score (nSPS) is 15.5. The van der Waals surface area contributed by atoms with Gasteiger partial charge in [-0.25, -0.2) is 9.48 Å². The lowest BCUT2D eigenvalue weighted by Gasteiger charge is -2.29. The zero-order chi connectivity index (χ0) is 24.3. The maximum atomic E-state index is 13.1. The predicted octanol–water partition coefficient (Wildman–Crippen LogP) is 5.40. The second-order valence-corrected chi connectivity index (χ2v) is 9.50. The highest BCUT2D eigenvalue weighted by Gasteiger charge is 2.36. The van der Waals surface area contributed by atoms with Crippen molar-refractivity contribution in [2.24, 2.45) is 0 Å². The molecule has 34 heavy (non-hydrogen) atoms. The molecule has 0 aliphatic carbocycles. The minimum atomic E-state index is -0.512. The summed E-state index contributed by atoms with van der Waals surface area (Å²) < 4.78 is 13.5. The third-order valence-corrected chi connectivity index (χ3v) is 5.88. The molecule has 0 spiro atoms. The largest absolute Gasteiger partial charge is 0.489 e. The highest BCUT2D eigenvalue weighted by molar-refractivity contribution is 5.92. The maximum Gasteiger partial charge on any atom is 0.338 e. The number of allylic oxidation sites excluding steroid dienone is 1. The Hall–Kier alpha value is -3.61. The van der Waals surface area contributed by atoms with Gasteiger partial charge in [-0.2, -0.15) is 10.1 Å². The summed E-state index contributed by atoms with van der Waals surface area (Å²) >= 11 is 0. The number of nitrogens with one attached hydrogen (secondary N) is 1. The van der Waals surface area contributed by atoms with E-state index in [2.05, 4.69) is 60.4 Å². The van der Waals surface area contributed by atoms with Crippen LogP contribution in [-0.2, 0) is 21.6 Å². The van der Waals surface area contributed by atoms with Crippen molar-refractivity contribution < 1.29 is 14.3 Å². The standard InChI is InChI=1S/C27H32N4O3/c1-6-15-33-25(32)23-18(2)30-26-28-17-29-31(26)24(23)21-9-7-8-10-22(21)34-16-19-11-13-20(14-12-19)27(3,4)5/h7-14,17,24H,6,15-16H2,1-5H3,(H,28,29,30). The van der Waals surface area contributed by atoms with Crippen LogP contribution in [0.15, 0.2) is 66.1 Å². The van der Waals surface area contributed by atoms with Crippen LogP contribution in [0, 0.1) is 0 Å². The van der Waals surface area contributed by atoms with E-state index in [-0.39, 0.29) is 11.4 Å². The topological polar surface area (TPSA) is 78.3 Å². The number of aromatic nitrogens is 3. The van der Waals surface area contributed by atoms with Gasteiger partial charge in [-0.3, -0.25) is 0 Å². The second-order valence-electron chi connectivity index (χ2n) is 9.50. The summed E-state index contributed by atoms with van der Waals surface area (Å²) in [6, 6.07) is 15.7. The lowest BCUT2D eigenvalue weighted by Crippen LogP contribution is -2.30. The number of ether oxygens (including phenoxy) is 2. The first-order valence-electron chi connectivity index (χ1n) is 11.6. The average molecular weight is 461 g/mol. The summed E-state index contributed by atoms with van der Waals surface area (Å²) in [5.74, 6) is 0.886. The maximum absolute atomic E-state index is 13.1. The third-order valence-electron chi connectivity index (χ3n) is 5.88. The van der Waals surface area contributed by atoms with E-state index in [0.29, 0.717) is 36.2 Å². The van der Waals surface area contributed by atoms with E-state index in [1.54, 1.807) is 4.68 Å². The quantitative estimate of drug-likeness (QED) is 0.476. The molecule has 1 atom stereocenters. The molecule has 1 aliphatic heterocycles. The molecule has 0 radical (unpaired) electrons. The zero-order valence-corrected chi connectivity index (χ0v) is 20.5. The lowest BCUT2D eigenvalue weighted by molar-refractivity contribution is -0.139. The van der Waals surface area contributed by atoms with E-state index < -0.39 is 6.04 Å². The number of para-hydroxylation sites is 1. The number of carbonyl (C=O) groups is 1. The molecule has 178 valence electrons. The van der Waals surface area contributed by atoms with Crippen molar-refractivity contribution >= 4 is 11.9 Å². The van der Waals surface area contributed by atoms with Crippen LogP contribution in [0.5, 0.6) is 5.75 Å². The first kappa shape index (κ1) is 23.5. The van der Waals surface area contributed by atoms with E-state index in [1.807, 2.05) is 38.1 Å². The van der Waals surface area contributed by atoms with Gasteiger partial charge >= 0.3 is 5.97 Å². The summed E-state index contributed by atoms with van der Waals surface area (Å²) in [7, 11) is 0. The first-order chi connectivity index (χ1) is 16.3. The summed E-state index contributed by atoms with van der Waals surface area (Å²) in [6.07, 6.45) is 2.22. The monoisotopic (exact) mass is 460 g/mol. The van der Waals surface area contributed by atoms with Gasteiger partial charge in [0.05, 0.1) is 12.2 Å². The van der Waals surface area contributed by atoms with Crippen molar-refractivity contribution in [3.05, 3.63) is 82.8 Å². The lowest BCUT2D eigenvalue weighted by atomic mass is 9.87. The van der Waals surface area contributed by atoms with Crippen molar-refractivity contribution in [2.45, 2.75) is 59.1 Å². The highest BCUT2D eigenvalue weighted by Crippen LogP contribution is 2.39. The number of nitrogens with zero attached hydrogens (tertiary/aromatic N) is 3. The SMILES string of the molecule is CCCOC(=O)C1=C(C)Nc2ncnn2C1c1ccccc1OCc1ccc(C(C)(C)C)cc1. The number of anilines is 1. The van der Waals surface area contributed by atoms with E-state index in [9.17, 15) is 4.79 Å². The molecule has 1 N–H and O–H groups in total. The van der Waals surface area contributed by atoms with Gasteiger partial charge in [0.2, 0.25) is 5.95 Å². The van der Waals surface area contributed by atoms with E-state index in [0.717, 1.165) is 17.5 Å². The molecule has 1 aromatic heterocycles. The number of fused-ring (bicyclic) bond motifs is 1. The number of carbonyl (C=O) groups excluding carboxylic acids is 1. The molecule has 2 aromatic carbocycles. The van der Waals surface area contributed by atoms with Crippen molar-refractivity contribution in [3.8, 4) is 5.75 Å². The molecule has 0 fully saturated rings. The molecule has 3 aromatic rings. The fraction of sp³-hybridized carbons (Fsp3) is 0.370. The molecule has 2 heterocycles. The van der Waals surface area contributed by atoms with Gasteiger partial charge in [0.1, 0.15) is 24.7 Å². The summed E-state index contributed by atoms with van der Waals surface area (Å²) in [5, 5.41) is 7.57. The van der Waals surface area contributed by atoms with Gasteiger partial charge in [-0.1, -0.05) is 70.2 Å². The van der Waals surface area contributed by atoms with Crippen LogP contribution >= 0.6 is 0 Å². The van der Waals surface area contributed by atoms with Crippen LogP contribution in [-0.4, -0.2) is 27.3 Å². The van der Waals surface area contributed by atoms with Crippen LogP contribution in [0.25, 0.3) is 0 Å². The molecule has 0 amide bonds. The number of hydrogen-bond donors (Lipinski definition) is 1. The van der Waals surface area contributed by atoms with Gasteiger partial charge in [0, 0.05) is 11.3 Å². The molecule has 0 saturated carbocycles. The molecule has 7 heteroatoms. The van der Waals surface area contributed by atoms with Gasteiger partial charge in [-0.15, -0.1) is 0 Å². The molecule has 0 saturated heterocycles. The minimum absolute atomic E-state index is 0.101. The third kappa shape index (κ3) is 4.83. The Bertz CT molecular complexity index is 1190. The van der Waals surface area contributed by atoms with E-state index in [1.165, 1.54) is 11.9 Å². The van der Waals surface area contributed by atoms with Crippen LogP contribution in [0.4, 0.5) is 5.95 Å². The fourth-order valence-electron chi connectivity index (χ4n) is 4.02. The van der Waals surface area contributed by atoms with Crippen molar-refractivity contribution in [1.29, 1.82) is 0 Å². The fourth-order valence-corrected chi connectivity index (χ4v) is 4.02. The Morgan fingerprint density at radius 1 is 1.12 bits per heavy atom. The molecule has 7 nitrogen and oxygen atoms in total. The average Bonchev–Trinajstić information content (AvgIpc) is 3.28. The molecule has 0 bridgehead atoms. The smallest absolute Gasteiger partial charge is 0.338 e. The van der Waals surface area contributed by atoms with Crippen LogP contribution in [0.3, 0.4) is 0 Å². The highest BCUT2D eigenvalue weighted by atomic mass is 16.5. The van der Waals surface area contributed by atoms with E-state index in [4.69, 9.17) is 9.47 Å². The second kappa shape index (κ2) is 9.71. The van der Waals surface area contributed by atoms with Crippen LogP contribution < -0.4 is 10.1 Å². The molecular weight excluding hydrogens is 428 g/mol. The van der Waals surface area contributed by atoms with Crippen molar-refractivity contribution in [1.82, 2.24) is 14.8 Å².